The van der Waals surface area contributed by atoms with E-state index in [1.54, 1.807) is 18.2 Å². The molecule has 0 saturated carbocycles. The minimum absolute atomic E-state index is 0.0478. The number of rotatable bonds is 9. The van der Waals surface area contributed by atoms with Crippen LogP contribution in [0.3, 0.4) is 0 Å². The maximum atomic E-state index is 13.1. The second kappa shape index (κ2) is 9.37. The minimum atomic E-state index is -0.442. The predicted octanol–water partition coefficient (Wildman–Crippen LogP) is 5.23. The van der Waals surface area contributed by atoms with Crippen molar-refractivity contribution in [1.29, 1.82) is 0 Å². The van der Waals surface area contributed by atoms with Crippen LogP contribution in [0.15, 0.2) is 45.6 Å². The highest BCUT2D eigenvalue weighted by Gasteiger charge is 2.21. The van der Waals surface area contributed by atoms with Gasteiger partial charge in [0.05, 0.1) is 13.2 Å². The van der Waals surface area contributed by atoms with Crippen molar-refractivity contribution in [2.75, 3.05) is 13.2 Å². The molecule has 0 aliphatic carbocycles. The molecule has 6 heteroatoms. The highest BCUT2D eigenvalue weighted by Crippen LogP contribution is 2.36. The summed E-state index contributed by atoms with van der Waals surface area (Å²) in [6.07, 6.45) is 3.56. The van der Waals surface area contributed by atoms with Crippen molar-refractivity contribution in [1.82, 2.24) is 0 Å². The maximum Gasteiger partial charge on any atom is 0.239 e. The number of unbranched alkanes of at least 4 members (excludes halogenated alkanes) is 2. The van der Waals surface area contributed by atoms with Crippen LogP contribution in [-0.4, -0.2) is 23.4 Å². The molecule has 1 heterocycles. The standard InChI is InChI=1S/C23H26O6/c1-3-5-11-27-17-13-18(25)20-19(14-17)29-22(15-7-9-16(24)10-8-15)23(21(20)26)28-12-6-4-2/h7-10,13-14,24-25H,3-6,11-12H2,1-2H3. The van der Waals surface area contributed by atoms with E-state index < -0.39 is 5.43 Å². The van der Waals surface area contributed by atoms with Crippen LogP contribution in [0.2, 0.25) is 0 Å². The normalized spacial score (nSPS) is 11.0. The molecule has 2 N–H and O–H groups in total. The summed E-state index contributed by atoms with van der Waals surface area (Å²) in [5.74, 6) is 0.633. The molecule has 6 nitrogen and oxygen atoms in total. The Kier molecular flexibility index (Phi) is 6.65. The third kappa shape index (κ3) is 4.65. The Bertz CT molecular complexity index is 1020. The number of hydrogen-bond donors (Lipinski definition) is 2. The van der Waals surface area contributed by atoms with E-state index in [9.17, 15) is 15.0 Å². The zero-order valence-electron chi connectivity index (χ0n) is 16.7. The average molecular weight is 398 g/mol. The predicted molar refractivity (Wildman–Crippen MR) is 112 cm³/mol. The number of ether oxygens (including phenoxy) is 2. The summed E-state index contributed by atoms with van der Waals surface area (Å²) >= 11 is 0. The second-order valence-electron chi connectivity index (χ2n) is 6.86. The Morgan fingerprint density at radius 1 is 0.931 bits per heavy atom. The van der Waals surface area contributed by atoms with Crippen molar-refractivity contribution in [3.63, 3.8) is 0 Å². The van der Waals surface area contributed by atoms with Gasteiger partial charge in [0, 0.05) is 17.7 Å². The van der Waals surface area contributed by atoms with Gasteiger partial charge in [-0.1, -0.05) is 26.7 Å². The number of benzene rings is 2. The molecule has 0 radical (unpaired) electrons. The Morgan fingerprint density at radius 2 is 1.59 bits per heavy atom. The molecule has 0 fully saturated rings. The molecule has 0 spiro atoms. The van der Waals surface area contributed by atoms with E-state index in [4.69, 9.17) is 13.9 Å². The lowest BCUT2D eigenvalue weighted by molar-refractivity contribution is 0.300. The van der Waals surface area contributed by atoms with Crippen LogP contribution in [0.1, 0.15) is 39.5 Å². The second-order valence-corrected chi connectivity index (χ2v) is 6.86. The first-order chi connectivity index (χ1) is 14.0. The fourth-order valence-corrected chi connectivity index (χ4v) is 2.93. The number of aromatic hydroxyl groups is 2. The summed E-state index contributed by atoms with van der Waals surface area (Å²) in [5, 5.41) is 20.1. The van der Waals surface area contributed by atoms with Crippen molar-refractivity contribution in [3.05, 3.63) is 46.6 Å². The lowest BCUT2D eigenvalue weighted by atomic mass is 10.1. The van der Waals surface area contributed by atoms with Gasteiger partial charge in [-0.3, -0.25) is 4.79 Å². The highest BCUT2D eigenvalue weighted by atomic mass is 16.5. The molecule has 29 heavy (non-hydrogen) atoms. The molecule has 0 unspecified atom stereocenters. The van der Waals surface area contributed by atoms with Gasteiger partial charge in [0.25, 0.3) is 0 Å². The molecule has 0 aliphatic rings. The number of phenolic OH excluding ortho intramolecular Hbond substituents is 2. The molecule has 3 aromatic rings. The molecule has 0 amide bonds. The number of fused-ring (bicyclic) bond motifs is 1. The fourth-order valence-electron chi connectivity index (χ4n) is 2.93. The van der Waals surface area contributed by atoms with Crippen molar-refractivity contribution in [2.45, 2.75) is 39.5 Å². The summed E-state index contributed by atoms with van der Waals surface area (Å²) in [7, 11) is 0. The Morgan fingerprint density at radius 3 is 2.24 bits per heavy atom. The third-order valence-corrected chi connectivity index (χ3v) is 4.55. The van der Waals surface area contributed by atoms with Crippen LogP contribution < -0.4 is 14.9 Å². The molecule has 2 aromatic carbocycles. The van der Waals surface area contributed by atoms with Gasteiger partial charge in [-0.05, 0) is 37.1 Å². The smallest absolute Gasteiger partial charge is 0.239 e. The molecule has 0 atom stereocenters. The van der Waals surface area contributed by atoms with Gasteiger partial charge >= 0.3 is 0 Å². The molecule has 0 aliphatic heterocycles. The lowest BCUT2D eigenvalue weighted by Crippen LogP contribution is -2.11. The van der Waals surface area contributed by atoms with Gasteiger partial charge in [0.15, 0.2) is 5.76 Å². The Balaban J connectivity index is 2.15. The van der Waals surface area contributed by atoms with E-state index in [-0.39, 0.29) is 34.0 Å². The summed E-state index contributed by atoms with van der Waals surface area (Å²) in [4.78, 5) is 13.1. The van der Waals surface area contributed by atoms with Gasteiger partial charge in [0.1, 0.15) is 28.2 Å². The van der Waals surface area contributed by atoms with Crippen molar-refractivity contribution in [3.8, 4) is 34.3 Å². The van der Waals surface area contributed by atoms with Crippen LogP contribution in [0, 0.1) is 0 Å². The largest absolute Gasteiger partial charge is 0.508 e. The topological polar surface area (TPSA) is 89.1 Å². The molecule has 1 aromatic heterocycles. The maximum absolute atomic E-state index is 13.1. The summed E-state index contributed by atoms with van der Waals surface area (Å²) in [6, 6.07) is 9.34. The first kappa shape index (κ1) is 20.6. The first-order valence-electron chi connectivity index (χ1n) is 9.94. The van der Waals surface area contributed by atoms with Gasteiger partial charge in [-0.2, -0.15) is 0 Å². The van der Waals surface area contributed by atoms with Gasteiger partial charge in [-0.15, -0.1) is 0 Å². The summed E-state index contributed by atoms with van der Waals surface area (Å²) in [5.41, 5.74) is 0.362. The quantitative estimate of drug-likeness (QED) is 0.480. The minimum Gasteiger partial charge on any atom is -0.508 e. The Labute approximate surface area is 169 Å². The van der Waals surface area contributed by atoms with Gasteiger partial charge < -0.3 is 24.1 Å². The SMILES string of the molecule is CCCCOc1cc(O)c2c(=O)c(OCCCC)c(-c3ccc(O)cc3)oc2c1. The van der Waals surface area contributed by atoms with Crippen LogP contribution in [0.5, 0.6) is 23.0 Å². The van der Waals surface area contributed by atoms with E-state index in [2.05, 4.69) is 6.92 Å². The fraction of sp³-hybridized carbons (Fsp3) is 0.348. The molecular formula is C23H26O6. The molecular weight excluding hydrogens is 372 g/mol. The van der Waals surface area contributed by atoms with Crippen LogP contribution in [0.4, 0.5) is 0 Å². The van der Waals surface area contributed by atoms with Crippen LogP contribution in [-0.2, 0) is 0 Å². The van der Waals surface area contributed by atoms with Gasteiger partial charge in [-0.25, -0.2) is 0 Å². The highest BCUT2D eigenvalue weighted by molar-refractivity contribution is 5.88. The van der Waals surface area contributed by atoms with E-state index >= 15 is 0 Å². The third-order valence-electron chi connectivity index (χ3n) is 4.55. The van der Waals surface area contributed by atoms with Crippen molar-refractivity contribution < 1.29 is 24.1 Å². The van der Waals surface area contributed by atoms with Crippen molar-refractivity contribution in [2.24, 2.45) is 0 Å². The first-order valence-corrected chi connectivity index (χ1v) is 9.94. The zero-order chi connectivity index (χ0) is 20.8. The molecule has 3 rings (SSSR count). The molecule has 0 saturated heterocycles. The average Bonchev–Trinajstić information content (AvgIpc) is 2.70. The van der Waals surface area contributed by atoms with Crippen LogP contribution in [0.25, 0.3) is 22.3 Å². The molecule has 0 bridgehead atoms. The molecule has 154 valence electrons. The van der Waals surface area contributed by atoms with E-state index in [1.807, 2.05) is 6.92 Å². The van der Waals surface area contributed by atoms with Crippen LogP contribution >= 0.6 is 0 Å². The summed E-state index contributed by atoms with van der Waals surface area (Å²) in [6.45, 7) is 4.95. The van der Waals surface area contributed by atoms with E-state index in [1.165, 1.54) is 18.2 Å². The van der Waals surface area contributed by atoms with Gasteiger partial charge in [0.2, 0.25) is 11.2 Å². The number of hydrogen-bond acceptors (Lipinski definition) is 6. The number of phenols is 2. The Hall–Kier alpha value is -3.15. The van der Waals surface area contributed by atoms with E-state index in [0.717, 1.165) is 25.7 Å². The monoisotopic (exact) mass is 398 g/mol. The summed E-state index contributed by atoms with van der Waals surface area (Å²) < 4.78 is 17.4. The zero-order valence-corrected chi connectivity index (χ0v) is 16.7. The lowest BCUT2D eigenvalue weighted by Gasteiger charge is -2.13. The van der Waals surface area contributed by atoms with E-state index in [0.29, 0.717) is 24.5 Å². The van der Waals surface area contributed by atoms with Crippen molar-refractivity contribution >= 4 is 11.0 Å².